The average Bonchev–Trinajstić information content (AvgIpc) is 3.46. The number of fused-ring (bicyclic) bond motifs is 2. The minimum Gasteiger partial charge on any atom is -0.354 e. The van der Waals surface area contributed by atoms with Crippen LogP contribution in [0.25, 0.3) is 27.9 Å². The van der Waals surface area contributed by atoms with E-state index in [2.05, 4.69) is 52.2 Å². The molecule has 0 unspecified atom stereocenters. The molecule has 10 nitrogen and oxygen atoms in total. The first kappa shape index (κ1) is 18.7. The molecule has 0 saturated carbocycles. The van der Waals surface area contributed by atoms with Gasteiger partial charge in [-0.25, -0.2) is 19.5 Å². The summed E-state index contributed by atoms with van der Waals surface area (Å²) in [5.74, 6) is 1.49. The van der Waals surface area contributed by atoms with Crippen LogP contribution in [0.3, 0.4) is 0 Å². The van der Waals surface area contributed by atoms with Gasteiger partial charge < -0.3 is 20.1 Å². The van der Waals surface area contributed by atoms with Crippen molar-refractivity contribution in [3.8, 4) is 11.3 Å². The zero-order valence-corrected chi connectivity index (χ0v) is 17.6. The number of H-pyrrole nitrogens is 1. The van der Waals surface area contributed by atoms with E-state index in [1.165, 1.54) is 0 Å². The molecule has 5 aromatic rings. The molecule has 1 saturated heterocycles. The Morgan fingerprint density at radius 1 is 1.00 bits per heavy atom. The molecule has 2 N–H and O–H groups in total. The first-order valence-electron chi connectivity index (χ1n) is 10.5. The molecule has 1 aliphatic heterocycles. The van der Waals surface area contributed by atoms with E-state index in [-0.39, 0.29) is 0 Å². The molecule has 6 rings (SSSR count). The molecular formula is C22H22N10. The monoisotopic (exact) mass is 426 g/mol. The third kappa shape index (κ3) is 3.40. The molecule has 0 amide bonds. The van der Waals surface area contributed by atoms with Crippen molar-refractivity contribution < 1.29 is 0 Å². The second-order valence-electron chi connectivity index (χ2n) is 7.92. The van der Waals surface area contributed by atoms with E-state index < -0.39 is 0 Å². The Kier molecular flexibility index (Phi) is 4.43. The summed E-state index contributed by atoms with van der Waals surface area (Å²) in [5, 5.41) is 8.42. The minimum absolute atomic E-state index is 0.528. The van der Waals surface area contributed by atoms with Gasteiger partial charge in [0, 0.05) is 79.7 Å². The number of nitrogens with one attached hydrogen (secondary N) is 2. The molecule has 0 aliphatic carbocycles. The van der Waals surface area contributed by atoms with E-state index in [0.717, 1.165) is 65.6 Å². The van der Waals surface area contributed by atoms with Crippen molar-refractivity contribution in [1.29, 1.82) is 0 Å². The molecule has 32 heavy (non-hydrogen) atoms. The van der Waals surface area contributed by atoms with Gasteiger partial charge in [-0.2, -0.15) is 10.1 Å². The number of aromatic nitrogens is 7. The van der Waals surface area contributed by atoms with Crippen LogP contribution in [0, 0.1) is 0 Å². The zero-order chi connectivity index (χ0) is 21.5. The summed E-state index contributed by atoms with van der Waals surface area (Å²) in [6, 6.07) is 7.79. The zero-order valence-electron chi connectivity index (χ0n) is 17.6. The van der Waals surface area contributed by atoms with Crippen LogP contribution < -0.4 is 10.2 Å². The van der Waals surface area contributed by atoms with Gasteiger partial charge in [-0.3, -0.25) is 0 Å². The summed E-state index contributed by atoms with van der Waals surface area (Å²) in [7, 11) is 2.15. The van der Waals surface area contributed by atoms with Gasteiger partial charge in [-0.15, -0.1) is 0 Å². The third-order valence-electron chi connectivity index (χ3n) is 5.80. The van der Waals surface area contributed by atoms with E-state index in [4.69, 9.17) is 0 Å². The first-order valence-corrected chi connectivity index (χ1v) is 10.5. The number of likely N-dealkylation sites (N-methyl/N-ethyl adjacent to an activating group) is 1. The topological polar surface area (TPSA) is 103 Å². The highest BCUT2D eigenvalue weighted by Crippen LogP contribution is 2.27. The van der Waals surface area contributed by atoms with Gasteiger partial charge in [-0.1, -0.05) is 0 Å². The maximum absolute atomic E-state index is 4.67. The summed E-state index contributed by atoms with van der Waals surface area (Å²) in [6.45, 7) is 4.02. The Morgan fingerprint density at radius 3 is 2.81 bits per heavy atom. The van der Waals surface area contributed by atoms with Gasteiger partial charge in [0.25, 0.3) is 0 Å². The Morgan fingerprint density at radius 2 is 1.91 bits per heavy atom. The molecule has 10 heteroatoms. The molecule has 1 aliphatic rings. The highest BCUT2D eigenvalue weighted by molar-refractivity contribution is 5.92. The minimum atomic E-state index is 0.528. The van der Waals surface area contributed by atoms with Crippen molar-refractivity contribution in [2.45, 2.75) is 0 Å². The number of aromatic amines is 1. The Bertz CT molecular complexity index is 1400. The number of hydrogen-bond acceptors (Lipinski definition) is 8. The Hall–Kier alpha value is -4.05. The van der Waals surface area contributed by atoms with Crippen LogP contribution >= 0.6 is 0 Å². The second kappa shape index (κ2) is 7.57. The van der Waals surface area contributed by atoms with Crippen molar-refractivity contribution in [1.82, 2.24) is 39.4 Å². The summed E-state index contributed by atoms with van der Waals surface area (Å²) in [6.07, 6.45) is 9.18. The normalized spacial score (nSPS) is 15.0. The maximum atomic E-state index is 4.67. The fourth-order valence-electron chi connectivity index (χ4n) is 3.98. The van der Waals surface area contributed by atoms with Crippen molar-refractivity contribution in [2.75, 3.05) is 43.4 Å². The highest BCUT2D eigenvalue weighted by Gasteiger charge is 2.16. The smallest absolute Gasteiger partial charge is 0.229 e. The Balaban J connectivity index is 1.26. The van der Waals surface area contributed by atoms with Crippen LogP contribution in [-0.4, -0.2) is 72.7 Å². The molecule has 0 aromatic carbocycles. The molecule has 160 valence electrons. The summed E-state index contributed by atoms with van der Waals surface area (Å²) in [5.41, 5.74) is 4.26. The summed E-state index contributed by atoms with van der Waals surface area (Å²) >= 11 is 0. The molecule has 5 aromatic heterocycles. The number of hydrogen-bond donors (Lipinski definition) is 2. The lowest BCUT2D eigenvalue weighted by Crippen LogP contribution is -2.44. The number of piperazine rings is 1. The first-order chi connectivity index (χ1) is 15.7. The van der Waals surface area contributed by atoms with Crippen LogP contribution in [0.1, 0.15) is 0 Å². The van der Waals surface area contributed by atoms with Crippen molar-refractivity contribution in [2.24, 2.45) is 0 Å². The van der Waals surface area contributed by atoms with Crippen LogP contribution in [0.4, 0.5) is 17.5 Å². The van der Waals surface area contributed by atoms with E-state index in [1.807, 2.05) is 49.1 Å². The lowest BCUT2D eigenvalue weighted by atomic mass is 10.2. The fraction of sp³-hybridized carbons (Fsp3) is 0.227. The predicted molar refractivity (Wildman–Crippen MR) is 123 cm³/mol. The summed E-state index contributed by atoms with van der Waals surface area (Å²) in [4.78, 5) is 26.3. The summed E-state index contributed by atoms with van der Waals surface area (Å²) < 4.78 is 1.74. The van der Waals surface area contributed by atoms with Gasteiger partial charge in [0.15, 0.2) is 5.65 Å². The van der Waals surface area contributed by atoms with Crippen molar-refractivity contribution in [3.05, 3.63) is 55.2 Å². The van der Waals surface area contributed by atoms with Gasteiger partial charge in [0.1, 0.15) is 11.5 Å². The van der Waals surface area contributed by atoms with Crippen LogP contribution in [0.2, 0.25) is 0 Å². The Labute approximate surface area is 184 Å². The highest BCUT2D eigenvalue weighted by atomic mass is 15.3. The molecule has 0 spiro atoms. The van der Waals surface area contributed by atoms with E-state index in [1.54, 1.807) is 10.7 Å². The van der Waals surface area contributed by atoms with Crippen molar-refractivity contribution >= 4 is 34.1 Å². The molecule has 6 heterocycles. The second-order valence-corrected chi connectivity index (χ2v) is 7.92. The standard InChI is InChI=1S/C22H22N10/c1-30-8-10-31(11-9-30)20-12-15(2-5-23-20)27-22-25-14-17-16(13-24-21(17)29-22)18-4-7-32-19(28-18)3-6-26-32/h2-7,12-14H,8-11H2,1H3,(H2,23,24,25,27,29). The third-order valence-corrected chi connectivity index (χ3v) is 5.80. The van der Waals surface area contributed by atoms with Crippen LogP contribution in [0.5, 0.6) is 0 Å². The molecule has 0 bridgehead atoms. The fourth-order valence-corrected chi connectivity index (χ4v) is 3.98. The molecular weight excluding hydrogens is 404 g/mol. The van der Waals surface area contributed by atoms with Gasteiger partial charge in [0.2, 0.25) is 5.95 Å². The average molecular weight is 426 g/mol. The number of pyridine rings is 1. The maximum Gasteiger partial charge on any atom is 0.229 e. The van der Waals surface area contributed by atoms with Crippen LogP contribution in [-0.2, 0) is 0 Å². The van der Waals surface area contributed by atoms with E-state index in [0.29, 0.717) is 5.95 Å². The van der Waals surface area contributed by atoms with Crippen molar-refractivity contribution in [3.63, 3.8) is 0 Å². The number of nitrogens with zero attached hydrogens (tertiary/aromatic N) is 8. The largest absolute Gasteiger partial charge is 0.354 e. The lowest BCUT2D eigenvalue weighted by Gasteiger charge is -2.33. The number of rotatable bonds is 4. The lowest BCUT2D eigenvalue weighted by molar-refractivity contribution is 0.312. The van der Waals surface area contributed by atoms with E-state index in [9.17, 15) is 0 Å². The van der Waals surface area contributed by atoms with Gasteiger partial charge in [0.05, 0.1) is 11.9 Å². The SMILES string of the molecule is CN1CCN(c2cc(Nc3ncc4c(-c5ccn6nccc6n5)c[nH]c4n3)ccn2)CC1. The quantitative estimate of drug-likeness (QED) is 0.452. The van der Waals surface area contributed by atoms with Gasteiger partial charge >= 0.3 is 0 Å². The predicted octanol–water partition coefficient (Wildman–Crippen LogP) is 2.56. The molecule has 1 fully saturated rings. The molecule has 0 radical (unpaired) electrons. The number of anilines is 3. The van der Waals surface area contributed by atoms with E-state index >= 15 is 0 Å². The van der Waals surface area contributed by atoms with Gasteiger partial charge in [-0.05, 0) is 19.2 Å². The molecule has 0 atom stereocenters. The van der Waals surface area contributed by atoms with Crippen LogP contribution in [0.15, 0.2) is 55.2 Å².